The molecule has 0 aromatic carbocycles. The first-order valence-electron chi connectivity index (χ1n) is 6.44. The second-order valence-corrected chi connectivity index (χ2v) is 5.13. The Balaban J connectivity index is 2.03. The Hall–Kier alpha value is -0.800. The van der Waals surface area contributed by atoms with E-state index in [1.807, 2.05) is 19.9 Å². The van der Waals surface area contributed by atoms with Crippen LogP contribution in [-0.4, -0.2) is 24.8 Å². The van der Waals surface area contributed by atoms with Crippen molar-refractivity contribution in [2.75, 3.05) is 19.8 Å². The van der Waals surface area contributed by atoms with Crippen LogP contribution in [0.25, 0.3) is 0 Å². The lowest BCUT2D eigenvalue weighted by Gasteiger charge is -2.22. The fraction of sp³-hybridized carbons (Fsp3) is 0.643. The van der Waals surface area contributed by atoms with Gasteiger partial charge in [-0.3, -0.25) is 0 Å². The van der Waals surface area contributed by atoms with Crippen LogP contribution >= 0.6 is 11.6 Å². The minimum Gasteiger partial charge on any atom is -0.477 e. The summed E-state index contributed by atoms with van der Waals surface area (Å²) in [6.45, 7) is 6.43. The number of hydrogen-bond acceptors (Lipinski definition) is 3. The summed E-state index contributed by atoms with van der Waals surface area (Å²) in [5.74, 6) is 1.72. The maximum Gasteiger partial charge on any atom is 0.218 e. The molecule has 2 heterocycles. The van der Waals surface area contributed by atoms with E-state index in [0.717, 1.165) is 42.9 Å². The van der Waals surface area contributed by atoms with Crippen molar-refractivity contribution in [1.29, 1.82) is 0 Å². The van der Waals surface area contributed by atoms with Gasteiger partial charge in [0.1, 0.15) is 0 Å². The zero-order valence-electron chi connectivity index (χ0n) is 11.0. The van der Waals surface area contributed by atoms with Crippen molar-refractivity contribution < 1.29 is 9.47 Å². The van der Waals surface area contributed by atoms with Gasteiger partial charge >= 0.3 is 0 Å². The van der Waals surface area contributed by atoms with Gasteiger partial charge in [-0.25, -0.2) is 4.98 Å². The molecule has 0 saturated carbocycles. The van der Waals surface area contributed by atoms with Crippen LogP contribution in [0.3, 0.4) is 0 Å². The lowest BCUT2D eigenvalue weighted by molar-refractivity contribution is 0.0489. The van der Waals surface area contributed by atoms with Crippen LogP contribution in [0.1, 0.15) is 29.7 Å². The molecule has 4 heteroatoms. The fourth-order valence-corrected chi connectivity index (χ4v) is 2.55. The van der Waals surface area contributed by atoms with Crippen molar-refractivity contribution in [1.82, 2.24) is 4.98 Å². The third-order valence-electron chi connectivity index (χ3n) is 3.37. The average molecular weight is 270 g/mol. The molecule has 1 aliphatic rings. The molecule has 1 aromatic rings. The molecule has 1 saturated heterocycles. The largest absolute Gasteiger partial charge is 0.477 e. The predicted octanol–water partition coefficient (Wildman–Crippen LogP) is 3.24. The second kappa shape index (κ2) is 6.39. The van der Waals surface area contributed by atoms with Gasteiger partial charge in [0.05, 0.1) is 12.5 Å². The van der Waals surface area contributed by atoms with Crippen molar-refractivity contribution in [2.45, 2.75) is 32.6 Å². The number of aryl methyl sites for hydroxylation is 2. The number of ether oxygens (including phenoxy) is 2. The summed E-state index contributed by atoms with van der Waals surface area (Å²) >= 11 is 5.97. The summed E-state index contributed by atoms with van der Waals surface area (Å²) in [4.78, 5) is 4.45. The normalized spacial score (nSPS) is 16.8. The quantitative estimate of drug-likeness (QED) is 0.787. The molecule has 1 aliphatic heterocycles. The van der Waals surface area contributed by atoms with E-state index in [-0.39, 0.29) is 0 Å². The van der Waals surface area contributed by atoms with Crippen molar-refractivity contribution in [3.05, 3.63) is 22.9 Å². The van der Waals surface area contributed by atoms with Crippen molar-refractivity contribution >= 4 is 11.6 Å². The minimum atomic E-state index is 0.447. The zero-order valence-corrected chi connectivity index (χ0v) is 11.8. The van der Waals surface area contributed by atoms with E-state index in [0.29, 0.717) is 24.3 Å². The molecule has 0 N–H and O–H groups in total. The third kappa shape index (κ3) is 3.36. The summed E-state index contributed by atoms with van der Waals surface area (Å²) in [7, 11) is 0. The van der Waals surface area contributed by atoms with Crippen LogP contribution in [0, 0.1) is 19.8 Å². The van der Waals surface area contributed by atoms with Crippen LogP contribution in [-0.2, 0) is 10.6 Å². The molecule has 3 nitrogen and oxygen atoms in total. The van der Waals surface area contributed by atoms with Gasteiger partial charge in [-0.2, -0.15) is 0 Å². The molecular formula is C14H20ClNO2. The van der Waals surface area contributed by atoms with E-state index in [9.17, 15) is 0 Å². The lowest BCUT2D eigenvalue weighted by Crippen LogP contribution is -2.22. The molecule has 0 atom stereocenters. The monoisotopic (exact) mass is 269 g/mol. The van der Waals surface area contributed by atoms with E-state index < -0.39 is 0 Å². The number of aromatic nitrogens is 1. The molecule has 0 bridgehead atoms. The molecule has 1 aromatic heterocycles. The molecule has 0 spiro atoms. The highest BCUT2D eigenvalue weighted by molar-refractivity contribution is 6.17. The Labute approximate surface area is 113 Å². The van der Waals surface area contributed by atoms with Gasteiger partial charge in [-0.1, -0.05) is 0 Å². The molecule has 2 rings (SSSR count). The van der Waals surface area contributed by atoms with Gasteiger partial charge in [-0.15, -0.1) is 11.6 Å². The molecule has 0 unspecified atom stereocenters. The topological polar surface area (TPSA) is 31.4 Å². The molecule has 0 aliphatic carbocycles. The molecule has 18 heavy (non-hydrogen) atoms. The highest BCUT2D eigenvalue weighted by Crippen LogP contribution is 2.24. The van der Waals surface area contributed by atoms with Crippen LogP contribution < -0.4 is 4.74 Å². The lowest BCUT2D eigenvalue weighted by atomic mass is 10.0. The van der Waals surface area contributed by atoms with E-state index >= 15 is 0 Å². The van der Waals surface area contributed by atoms with Gasteiger partial charge < -0.3 is 9.47 Å². The van der Waals surface area contributed by atoms with Gasteiger partial charge in [0.15, 0.2) is 0 Å². The second-order valence-electron chi connectivity index (χ2n) is 4.86. The van der Waals surface area contributed by atoms with E-state index in [4.69, 9.17) is 21.1 Å². The Morgan fingerprint density at radius 1 is 1.39 bits per heavy atom. The van der Waals surface area contributed by atoms with Gasteiger partial charge in [0.25, 0.3) is 0 Å². The summed E-state index contributed by atoms with van der Waals surface area (Å²) in [6.07, 6.45) is 2.14. The SMILES string of the molecule is Cc1cc(C)c(CCl)c(OCC2CCOCC2)n1. The highest BCUT2D eigenvalue weighted by Gasteiger charge is 2.16. The Kier molecular flexibility index (Phi) is 4.84. The van der Waals surface area contributed by atoms with Crippen molar-refractivity contribution in [2.24, 2.45) is 5.92 Å². The summed E-state index contributed by atoms with van der Waals surface area (Å²) in [6, 6.07) is 2.04. The standard InChI is InChI=1S/C14H20ClNO2/c1-10-7-11(2)16-14(13(10)8-15)18-9-12-3-5-17-6-4-12/h7,12H,3-6,8-9H2,1-2H3. The zero-order chi connectivity index (χ0) is 13.0. The molecular weight excluding hydrogens is 250 g/mol. The first-order chi connectivity index (χ1) is 8.70. The Morgan fingerprint density at radius 2 is 2.11 bits per heavy atom. The third-order valence-corrected chi connectivity index (χ3v) is 3.63. The molecule has 0 amide bonds. The van der Waals surface area contributed by atoms with Gasteiger partial charge in [-0.05, 0) is 44.2 Å². The summed E-state index contributed by atoms with van der Waals surface area (Å²) in [5, 5.41) is 0. The van der Waals surface area contributed by atoms with Gasteiger partial charge in [0, 0.05) is 24.5 Å². The maximum absolute atomic E-state index is 5.97. The fourth-order valence-electron chi connectivity index (χ4n) is 2.22. The van der Waals surface area contributed by atoms with Gasteiger partial charge in [0.2, 0.25) is 5.88 Å². The first-order valence-corrected chi connectivity index (χ1v) is 6.97. The number of nitrogens with zero attached hydrogens (tertiary/aromatic N) is 1. The summed E-state index contributed by atoms with van der Waals surface area (Å²) < 4.78 is 11.2. The first kappa shape index (κ1) is 13.6. The Bertz CT molecular complexity index is 403. The average Bonchev–Trinajstić information content (AvgIpc) is 2.37. The van der Waals surface area contributed by atoms with Crippen molar-refractivity contribution in [3.63, 3.8) is 0 Å². The summed E-state index contributed by atoms with van der Waals surface area (Å²) in [5.41, 5.74) is 3.14. The van der Waals surface area contributed by atoms with Crippen LogP contribution in [0.4, 0.5) is 0 Å². The molecule has 1 fully saturated rings. The molecule has 100 valence electrons. The predicted molar refractivity (Wildman–Crippen MR) is 72.3 cm³/mol. The number of halogens is 1. The Morgan fingerprint density at radius 3 is 2.78 bits per heavy atom. The van der Waals surface area contributed by atoms with E-state index in [1.54, 1.807) is 0 Å². The minimum absolute atomic E-state index is 0.447. The maximum atomic E-state index is 5.97. The number of rotatable bonds is 4. The molecule has 0 radical (unpaired) electrons. The van der Waals surface area contributed by atoms with E-state index in [1.165, 1.54) is 0 Å². The van der Waals surface area contributed by atoms with E-state index in [2.05, 4.69) is 4.98 Å². The van der Waals surface area contributed by atoms with Crippen LogP contribution in [0.15, 0.2) is 6.07 Å². The van der Waals surface area contributed by atoms with Crippen LogP contribution in [0.2, 0.25) is 0 Å². The van der Waals surface area contributed by atoms with Crippen LogP contribution in [0.5, 0.6) is 5.88 Å². The number of hydrogen-bond donors (Lipinski definition) is 0. The van der Waals surface area contributed by atoms with Crippen molar-refractivity contribution in [3.8, 4) is 5.88 Å². The smallest absolute Gasteiger partial charge is 0.218 e. The number of alkyl halides is 1. The highest BCUT2D eigenvalue weighted by atomic mass is 35.5. The number of pyridine rings is 1.